The number of nitrogens with one attached hydrogen (secondary N) is 1. The van der Waals surface area contributed by atoms with Crippen molar-refractivity contribution in [3.05, 3.63) is 84.4 Å². The highest BCUT2D eigenvalue weighted by atomic mass is 32.2. The van der Waals surface area contributed by atoms with Crippen LogP contribution >= 0.6 is 0 Å². The second-order valence-corrected chi connectivity index (χ2v) is 13.5. The third-order valence-corrected chi connectivity index (χ3v) is 10.8. The second-order valence-electron chi connectivity index (χ2n) is 9.68. The molecule has 1 N–H and O–H groups in total. The Labute approximate surface area is 236 Å². The van der Waals surface area contributed by atoms with Gasteiger partial charge in [-0.3, -0.25) is 4.79 Å². The number of hydrogen-bond donors (Lipinski definition) is 1. The molecule has 3 aromatic rings. The van der Waals surface area contributed by atoms with Crippen molar-refractivity contribution in [3.8, 4) is 5.75 Å². The van der Waals surface area contributed by atoms with Crippen molar-refractivity contribution in [1.82, 2.24) is 8.61 Å². The topological polar surface area (TPSA) is 113 Å². The van der Waals surface area contributed by atoms with Gasteiger partial charge >= 0.3 is 0 Å². The molecule has 1 atom stereocenters. The van der Waals surface area contributed by atoms with Gasteiger partial charge in [0.1, 0.15) is 5.75 Å². The Kier molecular flexibility index (Phi) is 9.62. The van der Waals surface area contributed by atoms with Gasteiger partial charge in [-0.1, -0.05) is 43.7 Å². The van der Waals surface area contributed by atoms with E-state index >= 15 is 0 Å². The summed E-state index contributed by atoms with van der Waals surface area (Å²) in [6.07, 6.45) is 3.32. The Hall–Kier alpha value is -3.25. The minimum atomic E-state index is -4.17. The van der Waals surface area contributed by atoms with Crippen molar-refractivity contribution in [2.24, 2.45) is 0 Å². The first-order chi connectivity index (χ1) is 19.1. The molecule has 214 valence electrons. The van der Waals surface area contributed by atoms with E-state index in [9.17, 15) is 21.6 Å². The summed E-state index contributed by atoms with van der Waals surface area (Å²) in [5.41, 5.74) is 1.21. The fourth-order valence-corrected chi connectivity index (χ4v) is 7.96. The molecule has 1 heterocycles. The fraction of sp³-hybridized carbons (Fsp3) is 0.345. The van der Waals surface area contributed by atoms with Gasteiger partial charge in [-0.2, -0.15) is 8.61 Å². The van der Waals surface area contributed by atoms with E-state index in [1.807, 2.05) is 13.0 Å². The van der Waals surface area contributed by atoms with Gasteiger partial charge in [0.05, 0.1) is 23.4 Å². The smallest absolute Gasteiger partial charge is 0.243 e. The van der Waals surface area contributed by atoms with Crippen LogP contribution < -0.4 is 10.1 Å². The molecular weight excluding hydrogens is 550 g/mol. The van der Waals surface area contributed by atoms with Crippen LogP contribution in [0.4, 0.5) is 5.69 Å². The summed E-state index contributed by atoms with van der Waals surface area (Å²) >= 11 is 0. The van der Waals surface area contributed by atoms with Gasteiger partial charge in [-0.25, -0.2) is 16.8 Å². The fourth-order valence-electron chi connectivity index (χ4n) is 4.81. The van der Waals surface area contributed by atoms with Crippen LogP contribution in [0.15, 0.2) is 88.7 Å². The molecule has 1 amide bonds. The van der Waals surface area contributed by atoms with Crippen LogP contribution in [0, 0.1) is 0 Å². The van der Waals surface area contributed by atoms with E-state index in [0.29, 0.717) is 23.5 Å². The molecule has 0 radical (unpaired) electrons. The molecular formula is C29H35N3O6S2. The molecule has 4 rings (SSSR count). The van der Waals surface area contributed by atoms with E-state index in [1.165, 1.54) is 35.7 Å². The molecule has 0 unspecified atom stereocenters. The summed E-state index contributed by atoms with van der Waals surface area (Å²) in [4.78, 5) is 12.8. The van der Waals surface area contributed by atoms with Crippen LogP contribution in [0.25, 0.3) is 0 Å². The number of anilines is 1. The van der Waals surface area contributed by atoms with E-state index in [-0.39, 0.29) is 22.4 Å². The molecule has 1 aliphatic heterocycles. The number of methoxy groups -OCH3 is 1. The minimum absolute atomic E-state index is 0.0512. The first-order valence-corrected chi connectivity index (χ1v) is 16.1. The van der Waals surface area contributed by atoms with E-state index in [2.05, 4.69) is 5.32 Å². The summed E-state index contributed by atoms with van der Waals surface area (Å²) in [5.74, 6) is 0.119. The zero-order chi connectivity index (χ0) is 28.8. The van der Waals surface area contributed by atoms with Crippen LogP contribution in [0.5, 0.6) is 5.75 Å². The number of carbonyl (C=O) groups excluding carboxylic acids is 1. The maximum absolute atomic E-state index is 13.8. The van der Waals surface area contributed by atoms with Crippen molar-refractivity contribution in [2.45, 2.75) is 55.0 Å². The highest BCUT2D eigenvalue weighted by Crippen LogP contribution is 2.28. The number of para-hydroxylation sites is 1. The number of carbonyl (C=O) groups is 1. The average molecular weight is 586 g/mol. The van der Waals surface area contributed by atoms with Crippen molar-refractivity contribution in [1.29, 1.82) is 0 Å². The van der Waals surface area contributed by atoms with Gasteiger partial charge in [-0.15, -0.1) is 0 Å². The molecule has 0 spiro atoms. The molecule has 11 heteroatoms. The summed E-state index contributed by atoms with van der Waals surface area (Å²) in [7, 11) is -6.40. The van der Waals surface area contributed by atoms with Crippen LogP contribution in [0.3, 0.4) is 0 Å². The van der Waals surface area contributed by atoms with Gasteiger partial charge in [0, 0.05) is 24.8 Å². The molecule has 0 bridgehead atoms. The Morgan fingerprint density at radius 3 is 2.20 bits per heavy atom. The Morgan fingerprint density at radius 2 is 1.57 bits per heavy atom. The lowest BCUT2D eigenvalue weighted by molar-refractivity contribution is -0.116. The van der Waals surface area contributed by atoms with Crippen molar-refractivity contribution >= 4 is 31.6 Å². The zero-order valence-corrected chi connectivity index (χ0v) is 24.3. The van der Waals surface area contributed by atoms with Crippen molar-refractivity contribution < 1.29 is 26.4 Å². The molecule has 0 aromatic heterocycles. The number of amides is 1. The van der Waals surface area contributed by atoms with Crippen molar-refractivity contribution in [3.63, 3.8) is 0 Å². The number of sulfonamides is 2. The van der Waals surface area contributed by atoms with Gasteiger partial charge in [-0.05, 0) is 73.4 Å². The predicted molar refractivity (Wildman–Crippen MR) is 154 cm³/mol. The van der Waals surface area contributed by atoms with Crippen LogP contribution in [-0.4, -0.2) is 57.6 Å². The lowest BCUT2D eigenvalue weighted by Gasteiger charge is -2.34. The first kappa shape index (κ1) is 29.7. The second kappa shape index (κ2) is 12.9. The van der Waals surface area contributed by atoms with Crippen LogP contribution in [0.1, 0.15) is 38.2 Å². The number of benzene rings is 3. The van der Waals surface area contributed by atoms with E-state index in [0.717, 1.165) is 30.0 Å². The maximum atomic E-state index is 13.8. The number of hydrogen-bond acceptors (Lipinski definition) is 6. The van der Waals surface area contributed by atoms with E-state index < -0.39 is 32.5 Å². The Balaban J connectivity index is 1.60. The predicted octanol–water partition coefficient (Wildman–Crippen LogP) is 4.48. The lowest BCUT2D eigenvalue weighted by Crippen LogP contribution is -2.43. The number of ether oxygens (including phenoxy) is 1. The first-order valence-electron chi connectivity index (χ1n) is 13.2. The molecule has 1 fully saturated rings. The third-order valence-electron chi connectivity index (χ3n) is 7.01. The van der Waals surface area contributed by atoms with Gasteiger partial charge < -0.3 is 10.1 Å². The molecule has 0 saturated carbocycles. The number of nitrogens with zero attached hydrogens (tertiary/aromatic N) is 2. The third kappa shape index (κ3) is 6.90. The summed E-state index contributed by atoms with van der Waals surface area (Å²) in [5, 5.41) is 2.73. The molecule has 40 heavy (non-hydrogen) atoms. The molecule has 0 aliphatic carbocycles. The van der Waals surface area contributed by atoms with Crippen LogP contribution in [0.2, 0.25) is 0 Å². The molecule has 9 nitrogen and oxygen atoms in total. The quantitative estimate of drug-likeness (QED) is 0.355. The van der Waals surface area contributed by atoms with E-state index in [4.69, 9.17) is 4.74 Å². The van der Waals surface area contributed by atoms with E-state index in [1.54, 1.807) is 48.5 Å². The highest BCUT2D eigenvalue weighted by Gasteiger charge is 2.33. The normalized spacial score (nSPS) is 16.5. The van der Waals surface area contributed by atoms with Gasteiger partial charge in [0.2, 0.25) is 26.0 Å². The molecule has 1 saturated heterocycles. The SMILES string of the molecule is CC[C@H]1CCCCN1S(=O)(=O)c1ccc(S(=O)(=O)N(CC(=O)Nc2ccccc2)Cc2ccc(OC)cc2)cc1. The minimum Gasteiger partial charge on any atom is -0.497 e. The highest BCUT2D eigenvalue weighted by molar-refractivity contribution is 7.89. The monoisotopic (exact) mass is 585 g/mol. The van der Waals surface area contributed by atoms with Crippen molar-refractivity contribution in [2.75, 3.05) is 25.5 Å². The summed E-state index contributed by atoms with van der Waals surface area (Å²) in [6.45, 7) is 1.92. The maximum Gasteiger partial charge on any atom is 0.243 e. The summed E-state index contributed by atoms with van der Waals surface area (Å²) < 4.78 is 62.1. The Bertz CT molecular complexity index is 1490. The summed E-state index contributed by atoms with van der Waals surface area (Å²) in [6, 6.07) is 20.9. The molecule has 1 aliphatic rings. The lowest BCUT2D eigenvalue weighted by atomic mass is 10.0. The largest absolute Gasteiger partial charge is 0.497 e. The number of piperidine rings is 1. The number of rotatable bonds is 11. The van der Waals surface area contributed by atoms with Crippen LogP contribution in [-0.2, 0) is 31.4 Å². The standard InChI is InChI=1S/C29H35N3O6S2/c1-3-25-11-7-8-20-32(25)40(36,37)28-18-16-27(17-19-28)39(34,35)31(21-23-12-14-26(38-2)15-13-23)22-29(33)30-24-9-5-4-6-10-24/h4-6,9-10,12-19,25H,3,7-8,11,20-22H2,1-2H3,(H,30,33)/t25-/m0/s1. The average Bonchev–Trinajstić information content (AvgIpc) is 2.97. The zero-order valence-electron chi connectivity index (χ0n) is 22.7. The van der Waals surface area contributed by atoms with Gasteiger partial charge in [0.25, 0.3) is 0 Å². The molecule has 3 aromatic carbocycles. The Morgan fingerprint density at radius 1 is 0.925 bits per heavy atom. The van der Waals surface area contributed by atoms with Gasteiger partial charge in [0.15, 0.2) is 0 Å².